The second kappa shape index (κ2) is 6.08. The van der Waals surface area contributed by atoms with Gasteiger partial charge >= 0.3 is 5.97 Å². The second-order valence-corrected chi connectivity index (χ2v) is 5.39. The largest absolute Gasteiger partial charge is 0.478 e. The number of carboxylic acid groups (broad SMARTS) is 1. The Balaban J connectivity index is 2.44. The Hall–Kier alpha value is -2.16. The van der Waals surface area contributed by atoms with Crippen LogP contribution in [-0.2, 0) is 0 Å². The fourth-order valence-corrected chi connectivity index (χ4v) is 2.36. The molecule has 2 aromatic rings. The Labute approximate surface area is 133 Å². The van der Waals surface area contributed by atoms with E-state index in [9.17, 15) is 20.0 Å². The Bertz CT molecular complexity index is 729. The molecule has 21 heavy (non-hydrogen) atoms. The van der Waals surface area contributed by atoms with Gasteiger partial charge < -0.3 is 9.84 Å². The second-order valence-electron chi connectivity index (χ2n) is 4.23. The van der Waals surface area contributed by atoms with Crippen LogP contribution in [0.2, 0.25) is 0 Å². The molecule has 0 saturated heterocycles. The first-order valence-corrected chi connectivity index (χ1v) is 6.92. The van der Waals surface area contributed by atoms with Crippen LogP contribution in [0.1, 0.15) is 15.9 Å². The minimum absolute atomic E-state index is 0.0455. The maximum Gasteiger partial charge on any atom is 0.339 e. The van der Waals surface area contributed by atoms with Crippen LogP contribution in [0.5, 0.6) is 11.5 Å². The van der Waals surface area contributed by atoms with E-state index in [-0.39, 0.29) is 17.0 Å². The molecule has 2 rings (SSSR count). The molecule has 0 unspecified atom stereocenters. The highest BCUT2D eigenvalue weighted by Gasteiger charge is 2.16. The zero-order chi connectivity index (χ0) is 15.6. The number of non-ortho nitro benzene ring substituents is 1. The van der Waals surface area contributed by atoms with Crippen molar-refractivity contribution in [3.05, 3.63) is 61.2 Å². The molecule has 0 bridgehead atoms. The molecule has 0 amide bonds. The lowest BCUT2D eigenvalue weighted by molar-refractivity contribution is -0.385. The number of aromatic carboxylic acids is 1. The lowest BCUT2D eigenvalue weighted by Crippen LogP contribution is -2.02. The molecule has 2 aromatic carbocycles. The molecule has 0 aliphatic carbocycles. The monoisotopic (exact) mass is 399 g/mol. The van der Waals surface area contributed by atoms with E-state index in [1.807, 2.05) is 22.6 Å². The van der Waals surface area contributed by atoms with Crippen molar-refractivity contribution in [2.45, 2.75) is 6.92 Å². The number of halogens is 1. The van der Waals surface area contributed by atoms with Crippen molar-refractivity contribution < 1.29 is 19.6 Å². The van der Waals surface area contributed by atoms with E-state index >= 15 is 0 Å². The number of rotatable bonds is 4. The van der Waals surface area contributed by atoms with Crippen molar-refractivity contribution in [2.24, 2.45) is 0 Å². The molecule has 0 spiro atoms. The lowest BCUT2D eigenvalue weighted by atomic mass is 10.1. The molecule has 0 saturated carbocycles. The van der Waals surface area contributed by atoms with E-state index in [2.05, 4.69) is 0 Å². The quantitative estimate of drug-likeness (QED) is 0.477. The molecule has 7 heteroatoms. The maximum absolute atomic E-state index is 11.2. The van der Waals surface area contributed by atoms with Crippen molar-refractivity contribution in [1.82, 2.24) is 0 Å². The number of hydrogen-bond acceptors (Lipinski definition) is 4. The summed E-state index contributed by atoms with van der Waals surface area (Å²) in [6, 6.07) is 8.96. The Morgan fingerprint density at radius 3 is 2.62 bits per heavy atom. The van der Waals surface area contributed by atoms with Gasteiger partial charge in [-0.1, -0.05) is 12.1 Å². The number of nitro groups is 1. The van der Waals surface area contributed by atoms with Crippen LogP contribution in [0.15, 0.2) is 36.4 Å². The van der Waals surface area contributed by atoms with Crippen LogP contribution in [0, 0.1) is 20.6 Å². The van der Waals surface area contributed by atoms with Crippen LogP contribution < -0.4 is 4.74 Å². The van der Waals surface area contributed by atoms with Crippen LogP contribution in [0.25, 0.3) is 0 Å². The number of nitrogens with zero attached hydrogens (tertiary/aromatic N) is 1. The highest BCUT2D eigenvalue weighted by Crippen LogP contribution is 2.33. The molecule has 0 radical (unpaired) electrons. The predicted octanol–water partition coefficient (Wildman–Crippen LogP) is 4.00. The van der Waals surface area contributed by atoms with Crippen LogP contribution in [0.3, 0.4) is 0 Å². The minimum Gasteiger partial charge on any atom is -0.478 e. The standard InChI is InChI=1S/C14H10INO5/c1-8-3-2-4-10(14(17)18)13(8)21-12-6-5-9(16(19)20)7-11(12)15/h2-7H,1H3,(H,17,18). The molecule has 0 heterocycles. The third kappa shape index (κ3) is 3.30. The first kappa shape index (κ1) is 15.2. The van der Waals surface area contributed by atoms with E-state index in [1.165, 1.54) is 24.3 Å². The molecule has 0 atom stereocenters. The third-order valence-electron chi connectivity index (χ3n) is 2.78. The first-order chi connectivity index (χ1) is 9.90. The summed E-state index contributed by atoms with van der Waals surface area (Å²) in [5.41, 5.74) is 0.670. The molecule has 1 N–H and O–H groups in total. The SMILES string of the molecule is Cc1cccc(C(=O)O)c1Oc1ccc([N+](=O)[O-])cc1I. The van der Waals surface area contributed by atoms with E-state index in [0.29, 0.717) is 14.9 Å². The van der Waals surface area contributed by atoms with Crippen molar-refractivity contribution in [3.63, 3.8) is 0 Å². The Morgan fingerprint density at radius 2 is 2.05 bits per heavy atom. The van der Waals surface area contributed by atoms with Gasteiger partial charge in [-0.05, 0) is 47.2 Å². The van der Waals surface area contributed by atoms with Gasteiger partial charge in [-0.3, -0.25) is 10.1 Å². The van der Waals surface area contributed by atoms with Crippen LogP contribution >= 0.6 is 22.6 Å². The zero-order valence-corrected chi connectivity index (χ0v) is 13.0. The molecule has 0 aliphatic rings. The average molecular weight is 399 g/mol. The summed E-state index contributed by atoms with van der Waals surface area (Å²) < 4.78 is 6.19. The Kier molecular flexibility index (Phi) is 4.41. The molecule has 0 aliphatic heterocycles. The lowest BCUT2D eigenvalue weighted by Gasteiger charge is -2.12. The number of nitro benzene ring substituents is 1. The minimum atomic E-state index is -1.09. The van der Waals surface area contributed by atoms with Crippen LogP contribution in [-0.4, -0.2) is 16.0 Å². The molecule has 0 fully saturated rings. The normalized spacial score (nSPS) is 10.2. The van der Waals surface area contributed by atoms with E-state index in [4.69, 9.17) is 4.74 Å². The fourth-order valence-electron chi connectivity index (χ4n) is 1.75. The Morgan fingerprint density at radius 1 is 1.33 bits per heavy atom. The van der Waals surface area contributed by atoms with Gasteiger partial charge in [0.1, 0.15) is 17.1 Å². The summed E-state index contributed by atoms with van der Waals surface area (Å²) in [7, 11) is 0. The van der Waals surface area contributed by atoms with Gasteiger partial charge in [0.2, 0.25) is 0 Å². The van der Waals surface area contributed by atoms with E-state index < -0.39 is 10.9 Å². The highest BCUT2D eigenvalue weighted by molar-refractivity contribution is 14.1. The van der Waals surface area contributed by atoms with Crippen molar-refractivity contribution in [1.29, 1.82) is 0 Å². The summed E-state index contributed by atoms with van der Waals surface area (Å²) in [6.45, 7) is 1.74. The molecular weight excluding hydrogens is 389 g/mol. The smallest absolute Gasteiger partial charge is 0.339 e. The fraction of sp³-hybridized carbons (Fsp3) is 0.0714. The first-order valence-electron chi connectivity index (χ1n) is 5.85. The summed E-state index contributed by atoms with van der Waals surface area (Å²) in [5.74, 6) is -0.486. The zero-order valence-electron chi connectivity index (χ0n) is 10.9. The molecule has 0 aromatic heterocycles. The van der Waals surface area contributed by atoms with E-state index in [0.717, 1.165) is 0 Å². The van der Waals surface area contributed by atoms with Gasteiger partial charge in [-0.25, -0.2) is 4.79 Å². The molecular formula is C14H10INO5. The van der Waals surface area contributed by atoms with Gasteiger partial charge in [0, 0.05) is 12.1 Å². The predicted molar refractivity (Wildman–Crippen MR) is 84.0 cm³/mol. The number of carboxylic acids is 1. The van der Waals surface area contributed by atoms with Crippen LogP contribution in [0.4, 0.5) is 5.69 Å². The van der Waals surface area contributed by atoms with E-state index in [1.54, 1.807) is 19.1 Å². The highest BCUT2D eigenvalue weighted by atomic mass is 127. The summed E-state index contributed by atoms with van der Waals surface area (Å²) in [5, 5.41) is 19.9. The third-order valence-corrected chi connectivity index (χ3v) is 3.62. The number of benzene rings is 2. The topological polar surface area (TPSA) is 89.7 Å². The van der Waals surface area contributed by atoms with Crippen molar-refractivity contribution in [2.75, 3.05) is 0 Å². The number of para-hydroxylation sites is 1. The van der Waals surface area contributed by atoms with Crippen molar-refractivity contribution >= 4 is 34.2 Å². The summed E-state index contributed by atoms with van der Waals surface area (Å²) >= 11 is 1.91. The number of aryl methyl sites for hydroxylation is 1. The average Bonchev–Trinajstić information content (AvgIpc) is 2.42. The van der Waals surface area contributed by atoms with Gasteiger partial charge in [0.15, 0.2) is 0 Å². The molecule has 108 valence electrons. The van der Waals surface area contributed by atoms with Gasteiger partial charge in [0.25, 0.3) is 5.69 Å². The van der Waals surface area contributed by atoms with Gasteiger partial charge in [-0.2, -0.15) is 0 Å². The summed E-state index contributed by atoms with van der Waals surface area (Å²) in [4.78, 5) is 21.4. The van der Waals surface area contributed by atoms with Gasteiger partial charge in [-0.15, -0.1) is 0 Å². The maximum atomic E-state index is 11.2. The molecule has 6 nitrogen and oxygen atoms in total. The van der Waals surface area contributed by atoms with Crippen molar-refractivity contribution in [3.8, 4) is 11.5 Å². The van der Waals surface area contributed by atoms with Gasteiger partial charge in [0.05, 0.1) is 8.49 Å². The number of carbonyl (C=O) groups is 1. The number of hydrogen-bond donors (Lipinski definition) is 1. The summed E-state index contributed by atoms with van der Waals surface area (Å²) in [6.07, 6.45) is 0. The number of ether oxygens (including phenoxy) is 1.